The van der Waals surface area contributed by atoms with Crippen LogP contribution >= 0.6 is 0 Å². The first-order valence-corrected chi connectivity index (χ1v) is 13.5. The molecule has 1 heterocycles. The van der Waals surface area contributed by atoms with E-state index in [2.05, 4.69) is 10.0 Å². The SMILES string of the molecule is O=C(Nc1ccc(S(=O)(=O)NC2CCS(=O)(=O)C2)cc1)c1ccccc1Oc1ccccc1. The maximum absolute atomic E-state index is 12.8. The Bertz CT molecular complexity index is 1360. The second-order valence-electron chi connectivity index (χ2n) is 7.61. The van der Waals surface area contributed by atoms with Crippen LogP contribution in [0.2, 0.25) is 0 Å². The molecule has 3 aromatic carbocycles. The molecule has 3 aromatic rings. The third-order valence-corrected chi connectivity index (χ3v) is 8.38. The molecule has 8 nitrogen and oxygen atoms in total. The monoisotopic (exact) mass is 486 g/mol. The van der Waals surface area contributed by atoms with Gasteiger partial charge in [-0.25, -0.2) is 21.6 Å². The normalized spacial score (nSPS) is 17.4. The molecular weight excluding hydrogens is 464 g/mol. The van der Waals surface area contributed by atoms with Gasteiger partial charge in [-0.2, -0.15) is 0 Å². The van der Waals surface area contributed by atoms with E-state index in [4.69, 9.17) is 4.74 Å². The number of hydrogen-bond acceptors (Lipinski definition) is 6. The van der Waals surface area contributed by atoms with Crippen molar-refractivity contribution < 1.29 is 26.4 Å². The molecule has 1 aliphatic rings. The number of para-hydroxylation sites is 2. The number of benzene rings is 3. The summed E-state index contributed by atoms with van der Waals surface area (Å²) in [6, 6.07) is 20.9. The van der Waals surface area contributed by atoms with Crippen LogP contribution in [0, 0.1) is 0 Å². The van der Waals surface area contributed by atoms with Gasteiger partial charge in [0.2, 0.25) is 10.0 Å². The average molecular weight is 487 g/mol. The summed E-state index contributed by atoms with van der Waals surface area (Å²) in [5.74, 6) is 0.336. The molecule has 0 bridgehead atoms. The number of hydrogen-bond donors (Lipinski definition) is 2. The molecule has 10 heteroatoms. The maximum Gasteiger partial charge on any atom is 0.259 e. The highest BCUT2D eigenvalue weighted by Gasteiger charge is 2.31. The topological polar surface area (TPSA) is 119 Å². The lowest BCUT2D eigenvalue weighted by Gasteiger charge is -2.13. The molecule has 0 radical (unpaired) electrons. The molecule has 33 heavy (non-hydrogen) atoms. The molecule has 0 saturated carbocycles. The molecule has 1 unspecified atom stereocenters. The van der Waals surface area contributed by atoms with Crippen molar-refractivity contribution in [1.29, 1.82) is 0 Å². The number of sulfonamides is 1. The van der Waals surface area contributed by atoms with E-state index in [0.717, 1.165) is 0 Å². The fourth-order valence-corrected chi connectivity index (χ4v) is 6.50. The quantitative estimate of drug-likeness (QED) is 0.529. The summed E-state index contributed by atoms with van der Waals surface area (Å²) in [4.78, 5) is 12.8. The first-order valence-electron chi connectivity index (χ1n) is 10.2. The number of nitrogens with one attached hydrogen (secondary N) is 2. The van der Waals surface area contributed by atoms with Gasteiger partial charge < -0.3 is 10.1 Å². The van der Waals surface area contributed by atoms with Gasteiger partial charge in [-0.1, -0.05) is 30.3 Å². The summed E-state index contributed by atoms with van der Waals surface area (Å²) in [6.45, 7) is 0. The molecule has 1 saturated heterocycles. The summed E-state index contributed by atoms with van der Waals surface area (Å²) in [6.07, 6.45) is 0.250. The number of carbonyl (C=O) groups is 1. The second kappa shape index (κ2) is 9.34. The highest BCUT2D eigenvalue weighted by molar-refractivity contribution is 7.92. The van der Waals surface area contributed by atoms with Crippen LogP contribution in [0.15, 0.2) is 83.8 Å². The Hall–Kier alpha value is -3.21. The predicted molar refractivity (Wildman–Crippen MR) is 125 cm³/mol. The Morgan fingerprint density at radius 3 is 2.24 bits per heavy atom. The van der Waals surface area contributed by atoms with Crippen LogP contribution in [-0.2, 0) is 19.9 Å². The van der Waals surface area contributed by atoms with E-state index in [1.54, 1.807) is 36.4 Å². The minimum atomic E-state index is -3.88. The molecular formula is C23H22N2O6S2. The van der Waals surface area contributed by atoms with Crippen molar-refractivity contribution in [2.45, 2.75) is 17.4 Å². The first kappa shape index (κ1) is 23.0. The van der Waals surface area contributed by atoms with Crippen LogP contribution in [-0.4, -0.2) is 40.3 Å². The van der Waals surface area contributed by atoms with Gasteiger partial charge in [0.05, 0.1) is 22.0 Å². The lowest BCUT2D eigenvalue weighted by Crippen LogP contribution is -2.35. The van der Waals surface area contributed by atoms with E-state index < -0.39 is 31.8 Å². The number of carbonyl (C=O) groups excluding carboxylic acids is 1. The fourth-order valence-electron chi connectivity index (χ4n) is 3.45. The van der Waals surface area contributed by atoms with Gasteiger partial charge in [-0.15, -0.1) is 0 Å². The van der Waals surface area contributed by atoms with Crippen LogP contribution in [0.1, 0.15) is 16.8 Å². The number of sulfone groups is 1. The van der Waals surface area contributed by atoms with Crippen molar-refractivity contribution in [3.8, 4) is 11.5 Å². The highest BCUT2D eigenvalue weighted by Crippen LogP contribution is 2.26. The Kier molecular flexibility index (Phi) is 6.50. The summed E-state index contributed by atoms with van der Waals surface area (Å²) in [7, 11) is -7.08. The van der Waals surface area contributed by atoms with Crippen LogP contribution in [0.3, 0.4) is 0 Å². The number of rotatable bonds is 7. The van der Waals surface area contributed by atoms with E-state index in [1.165, 1.54) is 24.3 Å². The molecule has 0 aliphatic carbocycles. The lowest BCUT2D eigenvalue weighted by molar-refractivity contribution is 0.102. The van der Waals surface area contributed by atoms with E-state index in [9.17, 15) is 21.6 Å². The summed E-state index contributed by atoms with van der Waals surface area (Å²) in [5.41, 5.74) is 0.721. The standard InChI is InChI=1S/C23H22N2O6S2/c26-23(21-8-4-5-9-22(21)31-19-6-2-1-3-7-19)24-17-10-12-20(13-11-17)33(29,30)25-18-14-15-32(27,28)16-18/h1-13,18,25H,14-16H2,(H,24,26). The second-order valence-corrected chi connectivity index (χ2v) is 11.6. The zero-order valence-corrected chi connectivity index (χ0v) is 19.1. The minimum absolute atomic E-state index is 0.0161. The van der Waals surface area contributed by atoms with Crippen molar-refractivity contribution in [2.75, 3.05) is 16.8 Å². The van der Waals surface area contributed by atoms with Crippen molar-refractivity contribution in [3.05, 3.63) is 84.4 Å². The molecule has 1 amide bonds. The molecule has 2 N–H and O–H groups in total. The Morgan fingerprint density at radius 1 is 0.909 bits per heavy atom. The van der Waals surface area contributed by atoms with Crippen LogP contribution < -0.4 is 14.8 Å². The van der Waals surface area contributed by atoms with Gasteiger partial charge in [0.15, 0.2) is 9.84 Å². The Balaban J connectivity index is 1.45. The van der Waals surface area contributed by atoms with Crippen LogP contribution in [0.5, 0.6) is 11.5 Å². The number of anilines is 1. The predicted octanol–water partition coefficient (Wildman–Crippen LogP) is 3.20. The fraction of sp³-hybridized carbons (Fsp3) is 0.174. The van der Waals surface area contributed by atoms with Crippen molar-refractivity contribution in [2.24, 2.45) is 0 Å². The summed E-state index contributed by atoms with van der Waals surface area (Å²) < 4.78 is 56.5. The van der Waals surface area contributed by atoms with Crippen LogP contribution in [0.25, 0.3) is 0 Å². The van der Waals surface area contributed by atoms with Gasteiger partial charge in [0.1, 0.15) is 11.5 Å². The largest absolute Gasteiger partial charge is 0.457 e. The number of ether oxygens (including phenoxy) is 1. The molecule has 1 atom stereocenters. The van der Waals surface area contributed by atoms with Gasteiger partial charge in [-0.3, -0.25) is 4.79 Å². The van der Waals surface area contributed by atoms with Crippen LogP contribution in [0.4, 0.5) is 5.69 Å². The maximum atomic E-state index is 12.8. The molecule has 1 fully saturated rings. The van der Waals surface area contributed by atoms with Gasteiger partial charge in [-0.05, 0) is 55.0 Å². The smallest absolute Gasteiger partial charge is 0.259 e. The highest BCUT2D eigenvalue weighted by atomic mass is 32.2. The molecule has 1 aliphatic heterocycles. The number of amides is 1. The average Bonchev–Trinajstić information content (AvgIpc) is 3.12. The lowest BCUT2D eigenvalue weighted by atomic mass is 10.2. The van der Waals surface area contributed by atoms with Crippen molar-refractivity contribution >= 4 is 31.5 Å². The zero-order chi connectivity index (χ0) is 23.5. The van der Waals surface area contributed by atoms with Gasteiger partial charge in [0.25, 0.3) is 5.91 Å². The Morgan fingerprint density at radius 2 is 1.58 bits per heavy atom. The summed E-state index contributed by atoms with van der Waals surface area (Å²) in [5, 5.41) is 2.73. The van der Waals surface area contributed by atoms with E-state index in [-0.39, 0.29) is 22.8 Å². The van der Waals surface area contributed by atoms with Crippen molar-refractivity contribution in [1.82, 2.24) is 4.72 Å². The molecule has 0 spiro atoms. The Labute approximate surface area is 192 Å². The zero-order valence-electron chi connectivity index (χ0n) is 17.5. The van der Waals surface area contributed by atoms with E-state index >= 15 is 0 Å². The summed E-state index contributed by atoms with van der Waals surface area (Å²) >= 11 is 0. The molecule has 172 valence electrons. The van der Waals surface area contributed by atoms with E-state index in [1.807, 2.05) is 18.2 Å². The van der Waals surface area contributed by atoms with Gasteiger partial charge in [0, 0.05) is 11.7 Å². The third kappa shape index (κ3) is 5.78. The van der Waals surface area contributed by atoms with Crippen molar-refractivity contribution in [3.63, 3.8) is 0 Å². The van der Waals surface area contributed by atoms with Gasteiger partial charge >= 0.3 is 0 Å². The minimum Gasteiger partial charge on any atom is -0.457 e. The molecule has 4 rings (SSSR count). The molecule has 0 aromatic heterocycles. The first-order chi connectivity index (χ1) is 15.7. The third-order valence-electron chi connectivity index (χ3n) is 5.08. The van der Waals surface area contributed by atoms with E-state index in [0.29, 0.717) is 22.7 Å².